The van der Waals surface area contributed by atoms with Crippen LogP contribution >= 0.6 is 15.9 Å². The molecule has 4 heteroatoms. The van der Waals surface area contributed by atoms with Gasteiger partial charge in [-0.3, -0.25) is 10.8 Å². The predicted octanol–water partition coefficient (Wildman–Crippen LogP) is 1.08. The number of aromatic nitrogens is 1. The minimum absolute atomic E-state index is 0.807. The van der Waals surface area contributed by atoms with Gasteiger partial charge in [-0.1, -0.05) is 0 Å². The molecule has 0 saturated carbocycles. The van der Waals surface area contributed by atoms with Crippen LogP contribution < -0.4 is 5.84 Å². The van der Waals surface area contributed by atoms with Crippen LogP contribution in [0.5, 0.6) is 0 Å². The van der Waals surface area contributed by atoms with Crippen LogP contribution in [0.2, 0.25) is 0 Å². The Hall–Kier alpha value is -0.450. The lowest BCUT2D eigenvalue weighted by Gasteiger charge is -2.23. The van der Waals surface area contributed by atoms with Crippen LogP contribution in [0.3, 0.4) is 0 Å². The smallest absolute Gasteiger partial charge is 0.0463 e. The molecule has 2 heterocycles. The van der Waals surface area contributed by atoms with E-state index in [1.165, 1.54) is 11.3 Å². The number of fused-ring (bicyclic) bond motifs is 1. The van der Waals surface area contributed by atoms with Gasteiger partial charge in [-0.05, 0) is 27.6 Å². The largest absolute Gasteiger partial charge is 0.268 e. The highest BCUT2D eigenvalue weighted by Gasteiger charge is 2.14. The maximum atomic E-state index is 5.69. The zero-order valence-electron chi connectivity index (χ0n) is 6.63. The van der Waals surface area contributed by atoms with E-state index in [2.05, 4.69) is 27.0 Å². The van der Waals surface area contributed by atoms with Gasteiger partial charge in [0, 0.05) is 35.9 Å². The highest BCUT2D eigenvalue weighted by molar-refractivity contribution is 9.10. The first kappa shape index (κ1) is 8.16. The van der Waals surface area contributed by atoms with Crippen LogP contribution in [0.1, 0.15) is 11.3 Å². The Morgan fingerprint density at radius 3 is 3.25 bits per heavy atom. The number of pyridine rings is 1. The maximum absolute atomic E-state index is 5.69. The summed E-state index contributed by atoms with van der Waals surface area (Å²) in [5.74, 6) is 5.69. The van der Waals surface area contributed by atoms with Gasteiger partial charge in [0.15, 0.2) is 0 Å². The molecule has 0 saturated heterocycles. The third-order valence-electron chi connectivity index (χ3n) is 2.04. The molecule has 1 aromatic heterocycles. The van der Waals surface area contributed by atoms with Crippen LogP contribution in [0.4, 0.5) is 0 Å². The summed E-state index contributed by atoms with van der Waals surface area (Å²) in [5.41, 5.74) is 2.41. The summed E-state index contributed by atoms with van der Waals surface area (Å²) >= 11 is 3.39. The van der Waals surface area contributed by atoms with E-state index in [-0.39, 0.29) is 0 Å². The highest BCUT2D eigenvalue weighted by atomic mass is 79.9. The molecule has 12 heavy (non-hydrogen) atoms. The van der Waals surface area contributed by atoms with Crippen molar-refractivity contribution in [2.75, 3.05) is 6.54 Å². The Balaban J connectivity index is 2.37. The topological polar surface area (TPSA) is 42.1 Å². The number of hydrogen-bond donors (Lipinski definition) is 1. The summed E-state index contributed by atoms with van der Waals surface area (Å²) in [4.78, 5) is 4.32. The lowest BCUT2D eigenvalue weighted by atomic mass is 10.1. The van der Waals surface area contributed by atoms with Crippen molar-refractivity contribution in [3.63, 3.8) is 0 Å². The molecule has 1 aromatic rings. The lowest BCUT2D eigenvalue weighted by Crippen LogP contribution is -2.36. The fourth-order valence-electron chi connectivity index (χ4n) is 1.42. The molecule has 2 N–H and O–H groups in total. The van der Waals surface area contributed by atoms with Gasteiger partial charge >= 0.3 is 0 Å². The minimum atomic E-state index is 0.807. The lowest BCUT2D eigenvalue weighted by molar-refractivity contribution is 0.260. The van der Waals surface area contributed by atoms with Crippen molar-refractivity contribution >= 4 is 15.9 Å². The first-order valence-corrected chi connectivity index (χ1v) is 4.68. The second-order valence-electron chi connectivity index (χ2n) is 2.98. The summed E-state index contributed by atoms with van der Waals surface area (Å²) in [6.07, 6.45) is 2.80. The van der Waals surface area contributed by atoms with E-state index in [9.17, 15) is 0 Å². The Morgan fingerprint density at radius 1 is 1.58 bits per heavy atom. The van der Waals surface area contributed by atoms with E-state index in [0.717, 1.165) is 24.0 Å². The molecule has 0 fully saturated rings. The fourth-order valence-corrected chi connectivity index (χ4v) is 1.80. The molecular formula is C8H10BrN3. The van der Waals surface area contributed by atoms with Gasteiger partial charge in [-0.15, -0.1) is 0 Å². The molecule has 0 aromatic carbocycles. The van der Waals surface area contributed by atoms with Crippen LogP contribution in [0.15, 0.2) is 16.7 Å². The van der Waals surface area contributed by atoms with Crippen molar-refractivity contribution in [2.45, 2.75) is 13.0 Å². The molecule has 2 rings (SSSR count). The van der Waals surface area contributed by atoms with E-state index >= 15 is 0 Å². The highest BCUT2D eigenvalue weighted by Crippen LogP contribution is 2.18. The van der Waals surface area contributed by atoms with Crippen LogP contribution in [0, 0.1) is 0 Å². The van der Waals surface area contributed by atoms with Gasteiger partial charge in [0.2, 0.25) is 0 Å². The van der Waals surface area contributed by atoms with E-state index in [1.54, 1.807) is 0 Å². The number of halogens is 1. The number of hydrogen-bond acceptors (Lipinski definition) is 3. The molecular weight excluding hydrogens is 218 g/mol. The van der Waals surface area contributed by atoms with Gasteiger partial charge in [0.1, 0.15) is 0 Å². The standard InChI is InChI=1S/C8H10BrN3/c9-7-3-6-5-12(10)2-1-8(6)11-4-7/h3-4H,1-2,5,10H2. The average Bonchev–Trinajstić information content (AvgIpc) is 2.03. The normalized spacial score (nSPS) is 17.5. The van der Waals surface area contributed by atoms with Gasteiger partial charge in [-0.25, -0.2) is 5.01 Å². The zero-order chi connectivity index (χ0) is 8.55. The van der Waals surface area contributed by atoms with E-state index in [1.807, 2.05) is 11.2 Å². The SMILES string of the molecule is NN1CCc2ncc(Br)cc2C1. The monoisotopic (exact) mass is 227 g/mol. The third kappa shape index (κ3) is 1.50. The average molecular weight is 228 g/mol. The molecule has 0 atom stereocenters. The molecule has 64 valence electrons. The summed E-state index contributed by atoms with van der Waals surface area (Å²) in [5, 5.41) is 1.82. The molecule has 0 radical (unpaired) electrons. The fraction of sp³-hybridized carbons (Fsp3) is 0.375. The maximum Gasteiger partial charge on any atom is 0.0463 e. The van der Waals surface area contributed by atoms with Crippen molar-refractivity contribution in [2.24, 2.45) is 5.84 Å². The number of nitrogens with two attached hydrogens (primary N) is 1. The Kier molecular flexibility index (Phi) is 2.12. The van der Waals surface area contributed by atoms with Gasteiger partial charge in [-0.2, -0.15) is 0 Å². The quantitative estimate of drug-likeness (QED) is 0.675. The molecule has 3 nitrogen and oxygen atoms in total. The summed E-state index contributed by atoms with van der Waals surface area (Å²) in [6, 6.07) is 2.08. The first-order chi connectivity index (χ1) is 5.75. The molecule has 0 amide bonds. The van der Waals surface area contributed by atoms with E-state index < -0.39 is 0 Å². The van der Waals surface area contributed by atoms with E-state index in [0.29, 0.717) is 0 Å². The molecule has 1 aliphatic rings. The van der Waals surface area contributed by atoms with Crippen molar-refractivity contribution in [1.29, 1.82) is 0 Å². The molecule has 0 aliphatic carbocycles. The minimum Gasteiger partial charge on any atom is -0.268 e. The molecule has 0 unspecified atom stereocenters. The number of nitrogens with zero attached hydrogens (tertiary/aromatic N) is 2. The van der Waals surface area contributed by atoms with E-state index in [4.69, 9.17) is 5.84 Å². The van der Waals surface area contributed by atoms with Crippen LogP contribution in [-0.4, -0.2) is 16.5 Å². The van der Waals surface area contributed by atoms with Crippen molar-refractivity contribution < 1.29 is 0 Å². The third-order valence-corrected chi connectivity index (χ3v) is 2.47. The Labute approximate surface area is 79.7 Å². The van der Waals surface area contributed by atoms with Crippen molar-refractivity contribution in [3.8, 4) is 0 Å². The molecule has 0 bridgehead atoms. The van der Waals surface area contributed by atoms with Crippen molar-refractivity contribution in [1.82, 2.24) is 9.99 Å². The van der Waals surface area contributed by atoms with Gasteiger partial charge in [0.25, 0.3) is 0 Å². The number of rotatable bonds is 0. The predicted molar refractivity (Wildman–Crippen MR) is 50.2 cm³/mol. The van der Waals surface area contributed by atoms with Gasteiger partial charge in [0.05, 0.1) is 0 Å². The Morgan fingerprint density at radius 2 is 2.42 bits per heavy atom. The van der Waals surface area contributed by atoms with Gasteiger partial charge < -0.3 is 0 Å². The summed E-state index contributed by atoms with van der Waals surface area (Å²) in [6.45, 7) is 1.71. The summed E-state index contributed by atoms with van der Waals surface area (Å²) in [7, 11) is 0. The molecule has 0 spiro atoms. The summed E-state index contributed by atoms with van der Waals surface area (Å²) < 4.78 is 1.02. The molecule has 1 aliphatic heterocycles. The first-order valence-electron chi connectivity index (χ1n) is 3.88. The van der Waals surface area contributed by atoms with Crippen LogP contribution in [-0.2, 0) is 13.0 Å². The van der Waals surface area contributed by atoms with Crippen molar-refractivity contribution in [3.05, 3.63) is 28.0 Å². The van der Waals surface area contributed by atoms with Crippen LogP contribution in [0.25, 0.3) is 0 Å². The zero-order valence-corrected chi connectivity index (χ0v) is 8.21. The number of hydrazine groups is 1. The second kappa shape index (κ2) is 3.12. The Bertz CT molecular complexity index is 300. The second-order valence-corrected chi connectivity index (χ2v) is 3.90.